The first-order chi connectivity index (χ1) is 18.2. The van der Waals surface area contributed by atoms with E-state index < -0.39 is 0 Å². The maximum Gasteiger partial charge on any atom is 0.338 e. The molecule has 37 heavy (non-hydrogen) atoms. The van der Waals surface area contributed by atoms with E-state index in [9.17, 15) is 4.79 Å². The van der Waals surface area contributed by atoms with E-state index in [1.807, 2.05) is 24.3 Å². The molecule has 2 rings (SSSR count). The number of rotatable bonds is 23. The summed E-state index contributed by atoms with van der Waals surface area (Å²) in [7, 11) is 1.63. The van der Waals surface area contributed by atoms with Crippen molar-refractivity contribution in [2.45, 2.75) is 109 Å². The normalized spacial score (nSPS) is 13.8. The van der Waals surface area contributed by atoms with Crippen LogP contribution in [0.25, 0.3) is 0 Å². The van der Waals surface area contributed by atoms with E-state index in [1.54, 1.807) is 18.9 Å². The summed E-state index contributed by atoms with van der Waals surface area (Å²) in [6.45, 7) is 4.51. The van der Waals surface area contributed by atoms with E-state index in [2.05, 4.69) is 23.4 Å². The predicted molar refractivity (Wildman–Crippen MR) is 156 cm³/mol. The van der Waals surface area contributed by atoms with Gasteiger partial charge in [0.05, 0.1) is 18.0 Å². The van der Waals surface area contributed by atoms with Crippen molar-refractivity contribution in [2.24, 2.45) is 0 Å². The summed E-state index contributed by atoms with van der Waals surface area (Å²) in [6.07, 6.45) is 20.8. The van der Waals surface area contributed by atoms with Gasteiger partial charge in [-0.2, -0.15) is 0 Å². The Labute approximate surface area is 230 Å². The third-order valence-electron chi connectivity index (χ3n) is 6.86. The summed E-state index contributed by atoms with van der Waals surface area (Å²) in [5.74, 6) is 0.654. The molecule has 0 bridgehead atoms. The molecule has 0 aromatic heterocycles. The van der Waals surface area contributed by atoms with E-state index in [0.717, 1.165) is 25.4 Å². The number of methoxy groups -OCH3 is 1. The highest BCUT2D eigenvalue weighted by Crippen LogP contribution is 2.18. The number of nitrogens with zero attached hydrogens (tertiary/aromatic N) is 1. The molecule has 1 unspecified atom stereocenters. The Bertz CT molecular complexity index is 724. The Morgan fingerprint density at radius 1 is 0.865 bits per heavy atom. The summed E-state index contributed by atoms with van der Waals surface area (Å²) < 4.78 is 16.7. The van der Waals surface area contributed by atoms with Crippen LogP contribution in [0.1, 0.15) is 113 Å². The van der Waals surface area contributed by atoms with Crippen molar-refractivity contribution in [3.8, 4) is 0 Å². The molecular weight excluding hydrogens is 482 g/mol. The maximum atomic E-state index is 12.4. The average molecular weight is 534 g/mol. The van der Waals surface area contributed by atoms with Crippen LogP contribution in [-0.4, -0.2) is 49.8 Å². The summed E-state index contributed by atoms with van der Waals surface area (Å²) in [5, 5.41) is 2.10. The number of unbranched alkanes of at least 4 members (excludes halogenated alkanes) is 13. The minimum atomic E-state index is -0.322. The third kappa shape index (κ3) is 15.5. The summed E-state index contributed by atoms with van der Waals surface area (Å²) in [4.78, 5) is 14.6. The Morgan fingerprint density at radius 2 is 1.46 bits per heavy atom. The number of benzene rings is 1. The second-order valence-electron chi connectivity index (χ2n) is 10.2. The average Bonchev–Trinajstić information content (AvgIpc) is 3.43. The predicted octanol–water partition coefficient (Wildman–Crippen LogP) is 8.33. The lowest BCUT2D eigenvalue weighted by molar-refractivity contribution is -0.0314. The lowest BCUT2D eigenvalue weighted by Crippen LogP contribution is -2.26. The van der Waals surface area contributed by atoms with Crippen LogP contribution in [0.15, 0.2) is 35.9 Å². The van der Waals surface area contributed by atoms with Crippen LogP contribution in [0.3, 0.4) is 0 Å². The fourth-order valence-corrected chi connectivity index (χ4v) is 5.15. The molecule has 0 N–H and O–H groups in total. The van der Waals surface area contributed by atoms with Crippen molar-refractivity contribution < 1.29 is 19.0 Å². The Hall–Kier alpha value is -1.50. The van der Waals surface area contributed by atoms with Gasteiger partial charge in [-0.3, -0.25) is 0 Å². The Kier molecular flexibility index (Phi) is 18.4. The molecule has 0 fully saturated rings. The van der Waals surface area contributed by atoms with Gasteiger partial charge in [-0.15, -0.1) is 11.8 Å². The Balaban J connectivity index is 1.41. The van der Waals surface area contributed by atoms with Gasteiger partial charge in [0.1, 0.15) is 12.7 Å². The van der Waals surface area contributed by atoms with Crippen molar-refractivity contribution in [3.05, 3.63) is 47.0 Å². The number of carbonyl (C=O) groups excluding carboxylic acids is 1. The fourth-order valence-electron chi connectivity index (χ4n) is 4.44. The highest BCUT2D eigenvalue weighted by Gasteiger charge is 2.14. The molecule has 210 valence electrons. The number of esters is 1. The number of ether oxygens (including phenoxy) is 3. The van der Waals surface area contributed by atoms with E-state index in [-0.39, 0.29) is 18.7 Å². The zero-order chi connectivity index (χ0) is 26.4. The van der Waals surface area contributed by atoms with E-state index >= 15 is 0 Å². The van der Waals surface area contributed by atoms with Gasteiger partial charge in [-0.25, -0.2) is 4.79 Å². The summed E-state index contributed by atoms with van der Waals surface area (Å²) in [6, 6.07) is 7.64. The smallest absolute Gasteiger partial charge is 0.338 e. The van der Waals surface area contributed by atoms with Gasteiger partial charge in [-0.05, 0) is 29.5 Å². The highest BCUT2D eigenvalue weighted by atomic mass is 32.2. The van der Waals surface area contributed by atoms with Crippen LogP contribution < -0.4 is 0 Å². The number of carbonyl (C=O) groups is 1. The highest BCUT2D eigenvalue weighted by molar-refractivity contribution is 8.02. The van der Waals surface area contributed by atoms with Crippen LogP contribution in [0, 0.1) is 0 Å². The number of hydrogen-bond acceptors (Lipinski definition) is 6. The summed E-state index contributed by atoms with van der Waals surface area (Å²) in [5.41, 5.74) is 1.74. The number of thioether (sulfide) groups is 1. The molecule has 1 heterocycles. The first-order valence-electron chi connectivity index (χ1n) is 14.6. The van der Waals surface area contributed by atoms with Crippen LogP contribution in [0.2, 0.25) is 0 Å². The number of hydrogen-bond donors (Lipinski definition) is 0. The lowest BCUT2D eigenvalue weighted by atomic mass is 10.0. The lowest BCUT2D eigenvalue weighted by Gasteiger charge is -2.16. The minimum absolute atomic E-state index is 0.200. The quantitative estimate of drug-likeness (QED) is 0.104. The molecule has 0 spiro atoms. The molecule has 1 aromatic carbocycles. The largest absolute Gasteiger partial charge is 0.459 e. The first-order valence-corrected chi connectivity index (χ1v) is 15.7. The molecule has 1 aliphatic heterocycles. The second-order valence-corrected chi connectivity index (χ2v) is 11.0. The van der Waals surface area contributed by atoms with Gasteiger partial charge in [0, 0.05) is 26.5 Å². The molecule has 1 atom stereocenters. The van der Waals surface area contributed by atoms with Crippen molar-refractivity contribution >= 4 is 17.7 Å². The second kappa shape index (κ2) is 21.4. The zero-order valence-electron chi connectivity index (χ0n) is 23.5. The van der Waals surface area contributed by atoms with Gasteiger partial charge < -0.3 is 19.1 Å². The van der Waals surface area contributed by atoms with Crippen LogP contribution >= 0.6 is 11.8 Å². The van der Waals surface area contributed by atoms with Crippen molar-refractivity contribution in [2.75, 3.05) is 32.8 Å². The van der Waals surface area contributed by atoms with Crippen LogP contribution in [-0.2, 0) is 20.8 Å². The van der Waals surface area contributed by atoms with Crippen LogP contribution in [0.5, 0.6) is 0 Å². The molecular formula is C31H51NO4S. The molecule has 0 saturated carbocycles. The van der Waals surface area contributed by atoms with Gasteiger partial charge >= 0.3 is 5.97 Å². The topological polar surface area (TPSA) is 48.0 Å². The molecule has 0 radical (unpaired) electrons. The third-order valence-corrected chi connectivity index (χ3v) is 7.66. The molecule has 5 nitrogen and oxygen atoms in total. The fraction of sp³-hybridized carbons (Fsp3) is 0.710. The minimum Gasteiger partial charge on any atom is -0.459 e. The Morgan fingerprint density at radius 3 is 2.00 bits per heavy atom. The first kappa shape index (κ1) is 31.7. The van der Waals surface area contributed by atoms with Crippen LogP contribution in [0.4, 0.5) is 0 Å². The van der Waals surface area contributed by atoms with Gasteiger partial charge in [0.25, 0.3) is 0 Å². The monoisotopic (exact) mass is 533 g/mol. The SMILES string of the molecule is CCCCCCCCCCCCCCCCOCC(COC(=O)c1ccc(CN2C=CSC2)cc1)OC. The van der Waals surface area contributed by atoms with Crippen molar-refractivity contribution in [3.63, 3.8) is 0 Å². The van der Waals surface area contributed by atoms with E-state index in [4.69, 9.17) is 14.2 Å². The van der Waals surface area contributed by atoms with E-state index in [0.29, 0.717) is 12.2 Å². The molecule has 0 saturated heterocycles. The molecule has 1 aliphatic rings. The standard InChI is InChI=1S/C31H51NO4S/c1-3-4-5-6-7-8-9-10-11-12-13-14-15-16-22-35-25-30(34-2)26-36-31(33)29-19-17-28(18-20-29)24-32-21-23-37-27-32/h17-21,23,30H,3-16,22,24-27H2,1-2H3. The molecule has 6 heteroatoms. The van der Waals surface area contributed by atoms with Crippen molar-refractivity contribution in [1.29, 1.82) is 0 Å². The van der Waals surface area contributed by atoms with Gasteiger partial charge in [-0.1, -0.05) is 103 Å². The van der Waals surface area contributed by atoms with Gasteiger partial charge in [0.15, 0.2) is 0 Å². The zero-order valence-corrected chi connectivity index (χ0v) is 24.3. The molecule has 0 amide bonds. The maximum absolute atomic E-state index is 12.4. The molecule has 0 aliphatic carbocycles. The summed E-state index contributed by atoms with van der Waals surface area (Å²) >= 11 is 1.79. The van der Waals surface area contributed by atoms with E-state index in [1.165, 1.54) is 89.0 Å². The van der Waals surface area contributed by atoms with Crippen molar-refractivity contribution in [1.82, 2.24) is 4.90 Å². The molecule has 1 aromatic rings. The van der Waals surface area contributed by atoms with Gasteiger partial charge in [0.2, 0.25) is 0 Å².